The zero-order valence-electron chi connectivity index (χ0n) is 25.5. The first-order chi connectivity index (χ1) is 20.0. The van der Waals surface area contributed by atoms with Crippen molar-refractivity contribution in [2.45, 2.75) is 52.9 Å². The second-order valence-corrected chi connectivity index (χ2v) is 12.0. The van der Waals surface area contributed by atoms with Gasteiger partial charge in [-0.3, -0.25) is 4.79 Å². The fourth-order valence-electron chi connectivity index (χ4n) is 6.91. The fraction of sp³-hybridized carbons (Fsp3) is 0.417. The summed E-state index contributed by atoms with van der Waals surface area (Å²) >= 11 is 0. The highest BCUT2D eigenvalue weighted by Gasteiger charge is 2.51. The van der Waals surface area contributed by atoms with Crippen LogP contribution in [0.3, 0.4) is 0 Å². The molecule has 0 saturated heterocycles. The average molecular weight is 573 g/mol. The number of carbonyl (C=O) groups is 1. The molecule has 42 heavy (non-hydrogen) atoms. The van der Waals surface area contributed by atoms with E-state index in [4.69, 9.17) is 9.47 Å². The average Bonchev–Trinajstić information content (AvgIpc) is 2.96. The first kappa shape index (κ1) is 31.0. The Morgan fingerprint density at radius 3 is 2.38 bits per heavy atom. The van der Waals surface area contributed by atoms with E-state index in [2.05, 4.69) is 39.8 Å². The lowest BCUT2D eigenvalue weighted by Gasteiger charge is -2.52. The normalized spacial score (nSPS) is 24.3. The molecule has 5 rings (SSSR count). The third-order valence-electron chi connectivity index (χ3n) is 9.06. The Hall–Kier alpha value is -3.93. The molecule has 0 aromatic heterocycles. The van der Waals surface area contributed by atoms with Crippen LogP contribution in [0.25, 0.3) is 6.08 Å². The quantitative estimate of drug-likeness (QED) is 0.109. The molecule has 0 amide bonds. The molecule has 1 fully saturated rings. The van der Waals surface area contributed by atoms with Crippen molar-refractivity contribution < 1.29 is 29.6 Å². The topological polar surface area (TPSA) is 96.2 Å². The monoisotopic (exact) mass is 572 g/mol. The molecule has 6 nitrogen and oxygen atoms in total. The van der Waals surface area contributed by atoms with E-state index >= 15 is 0 Å². The molecule has 0 radical (unpaired) electrons. The van der Waals surface area contributed by atoms with Crippen molar-refractivity contribution >= 4 is 11.9 Å². The molecule has 0 aliphatic heterocycles. The molecule has 3 aliphatic carbocycles. The van der Waals surface area contributed by atoms with E-state index in [1.54, 1.807) is 24.3 Å². The summed E-state index contributed by atoms with van der Waals surface area (Å²) in [5, 5.41) is 30.9. The van der Waals surface area contributed by atoms with E-state index in [9.17, 15) is 20.1 Å². The Morgan fingerprint density at radius 2 is 1.71 bits per heavy atom. The number of hydrogen-bond donors (Lipinski definition) is 3. The van der Waals surface area contributed by atoms with Gasteiger partial charge in [0.05, 0.1) is 14.2 Å². The minimum atomic E-state index is -0.347. The molecule has 224 valence electrons. The number of aromatic hydroxyl groups is 2. The van der Waals surface area contributed by atoms with Gasteiger partial charge < -0.3 is 24.8 Å². The highest BCUT2D eigenvalue weighted by Crippen LogP contribution is 2.58. The smallest absolute Gasteiger partial charge is 0.163 e. The van der Waals surface area contributed by atoms with Gasteiger partial charge in [-0.2, -0.15) is 0 Å². The van der Waals surface area contributed by atoms with Crippen LogP contribution in [0.15, 0.2) is 77.6 Å². The van der Waals surface area contributed by atoms with Crippen LogP contribution in [0.5, 0.6) is 23.0 Å². The summed E-state index contributed by atoms with van der Waals surface area (Å²) in [4.78, 5) is 14.0. The second kappa shape index (κ2) is 13.4. The van der Waals surface area contributed by atoms with Gasteiger partial charge in [-0.1, -0.05) is 48.4 Å². The van der Waals surface area contributed by atoms with E-state index in [1.165, 1.54) is 43.6 Å². The van der Waals surface area contributed by atoms with Gasteiger partial charge in [-0.15, -0.1) is 0 Å². The highest BCUT2D eigenvalue weighted by molar-refractivity contribution is 5.94. The number of methoxy groups -OCH3 is 2. The van der Waals surface area contributed by atoms with E-state index in [0.717, 1.165) is 24.8 Å². The predicted octanol–water partition coefficient (Wildman–Crippen LogP) is 8.13. The molecule has 6 atom stereocenters. The number of aliphatic hydroxyl groups is 1. The molecule has 0 heterocycles. The minimum absolute atomic E-state index is 0.0295. The van der Waals surface area contributed by atoms with Crippen molar-refractivity contribution in [1.29, 1.82) is 0 Å². The third-order valence-corrected chi connectivity index (χ3v) is 9.06. The van der Waals surface area contributed by atoms with Crippen molar-refractivity contribution in [2.24, 2.45) is 29.6 Å². The number of ether oxygens (including phenoxy) is 2. The van der Waals surface area contributed by atoms with Gasteiger partial charge in [0.25, 0.3) is 0 Å². The summed E-state index contributed by atoms with van der Waals surface area (Å²) in [6.07, 6.45) is 12.2. The molecule has 0 unspecified atom stereocenters. The van der Waals surface area contributed by atoms with E-state index in [-0.39, 0.29) is 46.7 Å². The van der Waals surface area contributed by atoms with Crippen LogP contribution in [-0.2, 0) is 4.79 Å². The first-order valence-corrected chi connectivity index (χ1v) is 14.7. The van der Waals surface area contributed by atoms with Gasteiger partial charge in [0.1, 0.15) is 5.76 Å². The zero-order valence-corrected chi connectivity index (χ0v) is 25.5. The van der Waals surface area contributed by atoms with E-state index in [1.807, 2.05) is 12.1 Å². The first-order valence-electron chi connectivity index (χ1n) is 14.7. The van der Waals surface area contributed by atoms with Gasteiger partial charge in [0.2, 0.25) is 0 Å². The molecule has 2 bridgehead atoms. The number of phenolic OH excluding ortho intramolecular Hbond substituents is 2. The van der Waals surface area contributed by atoms with Crippen LogP contribution in [-0.4, -0.2) is 35.3 Å². The molecule has 1 saturated carbocycles. The molecule has 3 N–H and O–H groups in total. The third kappa shape index (κ3) is 6.75. The summed E-state index contributed by atoms with van der Waals surface area (Å²) in [5.74, 6) is 1.20. The maximum Gasteiger partial charge on any atom is 0.163 e. The number of benzene rings is 2. The largest absolute Gasteiger partial charge is 0.508 e. The van der Waals surface area contributed by atoms with Crippen molar-refractivity contribution in [3.63, 3.8) is 0 Å². The number of aliphatic hydroxyl groups excluding tert-OH is 1. The molecular weight excluding hydrogens is 528 g/mol. The Morgan fingerprint density at radius 1 is 1.05 bits per heavy atom. The van der Waals surface area contributed by atoms with Crippen molar-refractivity contribution in [3.05, 3.63) is 88.7 Å². The number of fused-ring (bicyclic) bond motifs is 2. The molecule has 6 heteroatoms. The molecule has 0 spiro atoms. The maximum atomic E-state index is 14.0. The van der Waals surface area contributed by atoms with Gasteiger partial charge in [-0.25, -0.2) is 0 Å². The summed E-state index contributed by atoms with van der Waals surface area (Å²) in [6, 6.07) is 10.3. The van der Waals surface area contributed by atoms with Crippen LogP contribution in [0.2, 0.25) is 0 Å². The summed E-state index contributed by atoms with van der Waals surface area (Å²) in [6.45, 7) is 8.71. The van der Waals surface area contributed by atoms with Crippen LogP contribution in [0, 0.1) is 29.6 Å². The van der Waals surface area contributed by atoms with Gasteiger partial charge >= 0.3 is 0 Å². The number of rotatable bonds is 11. The summed E-state index contributed by atoms with van der Waals surface area (Å²) < 4.78 is 10.6. The lowest BCUT2D eigenvalue weighted by molar-refractivity contribution is -0.123. The Kier molecular flexibility index (Phi) is 9.87. The number of ketones is 1. The number of hydrogen-bond acceptors (Lipinski definition) is 6. The second-order valence-electron chi connectivity index (χ2n) is 12.0. The zero-order chi connectivity index (χ0) is 30.6. The van der Waals surface area contributed by atoms with Crippen molar-refractivity contribution in [1.82, 2.24) is 0 Å². The van der Waals surface area contributed by atoms with Crippen LogP contribution in [0.4, 0.5) is 0 Å². The van der Waals surface area contributed by atoms with E-state index < -0.39 is 0 Å². The van der Waals surface area contributed by atoms with Crippen LogP contribution in [0.1, 0.15) is 64.0 Å². The van der Waals surface area contributed by atoms with Gasteiger partial charge in [0.15, 0.2) is 28.8 Å². The standard InChI is InChI=1S/C36H44O6/c1-21(2)8-7-9-22(3)27-20-28-23(4)16-29(27)35(25-12-15-31(39)34(18-25)42-6)36(28)32(40)19-26(37)13-10-24-11-14-30(38)33(17-24)41-5/h8,10-19,22,27-29,35-39H,7,9,20H2,1-6H3/t22-,27+,28-,29-,35+,36-/m0/s1. The van der Waals surface area contributed by atoms with Gasteiger partial charge in [-0.05, 0) is 105 Å². The Labute approximate surface area is 249 Å². The SMILES string of the molecule is COc1cc(C=CC(O)=CC(=O)[C@H]2[C@H](c3ccc(O)c(OC)c3)[C@H]3C=C(C)[C@@H]2C[C@@H]3[C@@H](C)CCC=C(C)C)ccc1O. The lowest BCUT2D eigenvalue weighted by Crippen LogP contribution is -2.47. The Balaban J connectivity index is 1.67. The van der Waals surface area contributed by atoms with Crippen molar-refractivity contribution in [3.8, 4) is 23.0 Å². The lowest BCUT2D eigenvalue weighted by atomic mass is 9.51. The maximum absolute atomic E-state index is 14.0. The number of phenols is 2. The molecule has 2 aromatic rings. The summed E-state index contributed by atoms with van der Waals surface area (Å²) in [7, 11) is 3.00. The van der Waals surface area contributed by atoms with Gasteiger partial charge in [0, 0.05) is 17.9 Å². The number of allylic oxidation sites excluding steroid dienone is 6. The minimum Gasteiger partial charge on any atom is -0.508 e. The highest BCUT2D eigenvalue weighted by atomic mass is 16.5. The number of carbonyl (C=O) groups excluding carboxylic acids is 1. The van der Waals surface area contributed by atoms with Crippen LogP contribution >= 0.6 is 0 Å². The van der Waals surface area contributed by atoms with Crippen molar-refractivity contribution in [2.75, 3.05) is 14.2 Å². The van der Waals surface area contributed by atoms with E-state index in [0.29, 0.717) is 28.9 Å². The molecule has 3 aliphatic rings. The molecule has 2 aromatic carbocycles. The summed E-state index contributed by atoms with van der Waals surface area (Å²) in [5.41, 5.74) is 4.23. The predicted molar refractivity (Wildman–Crippen MR) is 167 cm³/mol. The van der Waals surface area contributed by atoms with Crippen LogP contribution < -0.4 is 9.47 Å². The Bertz CT molecular complexity index is 1410. The fourth-order valence-corrected chi connectivity index (χ4v) is 6.91. The molecular formula is C36H44O6.